The summed E-state index contributed by atoms with van der Waals surface area (Å²) in [7, 11) is 0. The molecule has 0 N–H and O–H groups in total. The van der Waals surface area contributed by atoms with Gasteiger partial charge in [0.1, 0.15) is 10.7 Å². The van der Waals surface area contributed by atoms with Crippen LogP contribution in [0.4, 0.5) is 0 Å². The lowest BCUT2D eigenvalue weighted by Crippen LogP contribution is -2.00. The Morgan fingerprint density at radius 3 is 2.82 bits per heavy atom. The Kier molecular flexibility index (Phi) is 4.05. The third kappa shape index (κ3) is 2.80. The minimum Gasteiger partial charge on any atom is -0.291 e. The molecular formula is C11H6Cl3NOS. The summed E-state index contributed by atoms with van der Waals surface area (Å²) in [5.41, 5.74) is 1.08. The first kappa shape index (κ1) is 12.8. The second kappa shape index (κ2) is 5.36. The average molecular weight is 307 g/mol. The normalized spacial score (nSPS) is 10.5. The number of halogens is 3. The van der Waals surface area contributed by atoms with E-state index < -0.39 is 0 Å². The summed E-state index contributed by atoms with van der Waals surface area (Å²) in [6, 6.07) is 5.12. The predicted molar refractivity (Wildman–Crippen MR) is 72.6 cm³/mol. The molecule has 1 aromatic carbocycles. The molecule has 2 aromatic rings. The summed E-state index contributed by atoms with van der Waals surface area (Å²) in [4.78, 5) is 15.6. The zero-order valence-corrected chi connectivity index (χ0v) is 11.5. The maximum Gasteiger partial charge on any atom is 0.196 e. The van der Waals surface area contributed by atoms with E-state index in [1.807, 2.05) is 0 Å². The van der Waals surface area contributed by atoms with Gasteiger partial charge in [-0.1, -0.05) is 23.2 Å². The van der Waals surface area contributed by atoms with Crippen molar-refractivity contribution in [2.24, 2.45) is 0 Å². The Labute approximate surface area is 117 Å². The highest BCUT2D eigenvalue weighted by Gasteiger charge is 2.13. The van der Waals surface area contributed by atoms with Crippen molar-refractivity contribution in [3.63, 3.8) is 0 Å². The quantitative estimate of drug-likeness (QED) is 0.615. The molecule has 0 aliphatic heterocycles. The van der Waals surface area contributed by atoms with E-state index in [4.69, 9.17) is 34.8 Å². The van der Waals surface area contributed by atoms with Gasteiger partial charge < -0.3 is 0 Å². The number of ketones is 1. The molecule has 2 nitrogen and oxygen atoms in total. The van der Waals surface area contributed by atoms with Crippen LogP contribution in [0.3, 0.4) is 0 Å². The van der Waals surface area contributed by atoms with Crippen LogP contribution in [-0.4, -0.2) is 16.6 Å². The fraction of sp³-hybridized carbons (Fsp3) is 0.0909. The van der Waals surface area contributed by atoms with Gasteiger partial charge in [0.15, 0.2) is 5.78 Å². The highest BCUT2D eigenvalue weighted by atomic mass is 35.5. The summed E-state index contributed by atoms with van der Waals surface area (Å²) in [6.45, 7) is 0. The van der Waals surface area contributed by atoms with Crippen LogP contribution >= 0.6 is 46.1 Å². The van der Waals surface area contributed by atoms with E-state index in [1.54, 1.807) is 23.6 Å². The molecule has 0 aliphatic carbocycles. The Morgan fingerprint density at radius 1 is 1.35 bits per heavy atom. The number of carbonyl (C=O) groups is 1. The fourth-order valence-corrected chi connectivity index (χ4v) is 2.68. The Hall–Kier alpha value is -0.610. The van der Waals surface area contributed by atoms with Crippen LogP contribution in [0.25, 0.3) is 10.6 Å². The Bertz CT molecular complexity index is 568. The van der Waals surface area contributed by atoms with Crippen LogP contribution in [0.5, 0.6) is 0 Å². The highest BCUT2D eigenvalue weighted by Crippen LogP contribution is 2.32. The van der Waals surface area contributed by atoms with Gasteiger partial charge in [-0.3, -0.25) is 4.79 Å². The zero-order chi connectivity index (χ0) is 12.4. The van der Waals surface area contributed by atoms with Crippen molar-refractivity contribution in [2.75, 3.05) is 5.88 Å². The third-order valence-electron chi connectivity index (χ3n) is 2.07. The molecule has 6 heteroatoms. The topological polar surface area (TPSA) is 30.0 Å². The first-order valence-electron chi connectivity index (χ1n) is 4.62. The molecule has 0 saturated heterocycles. The molecule has 88 valence electrons. The lowest BCUT2D eigenvalue weighted by atomic mass is 10.2. The number of benzene rings is 1. The number of Topliss-reactive ketones (excluding diaryl/α,β-unsaturated/α-hetero) is 1. The average Bonchev–Trinajstić information content (AvgIpc) is 2.80. The van der Waals surface area contributed by atoms with E-state index in [9.17, 15) is 4.79 Å². The molecule has 0 aliphatic rings. The second-order valence-electron chi connectivity index (χ2n) is 3.22. The number of carbonyl (C=O) groups excluding carboxylic acids is 1. The summed E-state index contributed by atoms with van der Waals surface area (Å²) < 4.78 is 0. The number of thiazole rings is 1. The molecule has 1 heterocycles. The molecule has 2 rings (SSSR count). The Morgan fingerprint density at radius 2 is 2.12 bits per heavy atom. The first-order chi connectivity index (χ1) is 8.11. The summed E-state index contributed by atoms with van der Waals surface area (Å²) in [5, 5.41) is 3.45. The van der Waals surface area contributed by atoms with E-state index in [-0.39, 0.29) is 11.7 Å². The smallest absolute Gasteiger partial charge is 0.196 e. The van der Waals surface area contributed by atoms with Gasteiger partial charge in [-0.25, -0.2) is 4.98 Å². The maximum absolute atomic E-state index is 11.4. The molecule has 1 aromatic heterocycles. The number of hydrogen-bond donors (Lipinski definition) is 0. The largest absolute Gasteiger partial charge is 0.291 e. The number of nitrogens with zero attached hydrogens (tertiary/aromatic N) is 1. The van der Waals surface area contributed by atoms with Gasteiger partial charge in [-0.05, 0) is 18.2 Å². The molecule has 0 amide bonds. The SMILES string of the molecule is O=C(CCl)c1csc(-c2cc(Cl)ccc2Cl)n1. The van der Waals surface area contributed by atoms with Crippen LogP contribution in [0.15, 0.2) is 23.6 Å². The van der Waals surface area contributed by atoms with E-state index in [0.29, 0.717) is 20.7 Å². The van der Waals surface area contributed by atoms with Crippen LogP contribution in [-0.2, 0) is 0 Å². The van der Waals surface area contributed by atoms with Crippen molar-refractivity contribution >= 4 is 51.9 Å². The number of hydrogen-bond acceptors (Lipinski definition) is 3. The lowest BCUT2D eigenvalue weighted by Gasteiger charge is -2.00. The van der Waals surface area contributed by atoms with Crippen molar-refractivity contribution in [3.05, 3.63) is 39.3 Å². The summed E-state index contributed by atoms with van der Waals surface area (Å²) >= 11 is 18.7. The van der Waals surface area contributed by atoms with Crippen molar-refractivity contribution < 1.29 is 4.79 Å². The molecular weight excluding hydrogens is 301 g/mol. The van der Waals surface area contributed by atoms with Crippen molar-refractivity contribution in [1.29, 1.82) is 0 Å². The summed E-state index contributed by atoms with van der Waals surface area (Å²) in [6.07, 6.45) is 0. The summed E-state index contributed by atoms with van der Waals surface area (Å²) in [5.74, 6) is -0.278. The van der Waals surface area contributed by atoms with E-state index in [2.05, 4.69) is 4.98 Å². The van der Waals surface area contributed by atoms with Crippen LogP contribution < -0.4 is 0 Å². The monoisotopic (exact) mass is 305 g/mol. The van der Waals surface area contributed by atoms with Gasteiger partial charge in [-0.15, -0.1) is 22.9 Å². The standard InChI is InChI=1S/C11H6Cl3NOS/c12-4-10(16)9-5-17-11(15-9)7-3-6(13)1-2-8(7)14/h1-3,5H,4H2. The molecule has 0 unspecified atom stereocenters. The maximum atomic E-state index is 11.4. The lowest BCUT2D eigenvalue weighted by molar-refractivity contribution is 0.101. The highest BCUT2D eigenvalue weighted by molar-refractivity contribution is 7.13. The molecule has 0 radical (unpaired) electrons. The van der Waals surface area contributed by atoms with Crippen LogP contribution in [0.1, 0.15) is 10.5 Å². The van der Waals surface area contributed by atoms with Gasteiger partial charge >= 0.3 is 0 Å². The first-order valence-corrected chi connectivity index (χ1v) is 6.79. The number of aromatic nitrogens is 1. The fourth-order valence-electron chi connectivity index (χ4n) is 1.26. The van der Waals surface area contributed by atoms with Crippen LogP contribution in [0, 0.1) is 0 Å². The van der Waals surface area contributed by atoms with Gasteiger partial charge in [0, 0.05) is 16.0 Å². The molecule has 0 bridgehead atoms. The van der Waals surface area contributed by atoms with Gasteiger partial charge in [-0.2, -0.15) is 0 Å². The Balaban J connectivity index is 2.43. The van der Waals surface area contributed by atoms with Crippen molar-refractivity contribution in [1.82, 2.24) is 4.98 Å². The molecule has 0 spiro atoms. The molecule has 0 fully saturated rings. The molecule has 0 saturated carbocycles. The van der Waals surface area contributed by atoms with Crippen molar-refractivity contribution in [3.8, 4) is 10.6 Å². The second-order valence-corrected chi connectivity index (χ2v) is 5.19. The minimum absolute atomic E-state index is 0.0769. The number of alkyl halides is 1. The predicted octanol–water partition coefficient (Wildman–Crippen LogP) is 4.54. The number of rotatable bonds is 3. The van der Waals surface area contributed by atoms with Crippen molar-refractivity contribution in [2.45, 2.75) is 0 Å². The van der Waals surface area contributed by atoms with Gasteiger partial charge in [0.25, 0.3) is 0 Å². The zero-order valence-electron chi connectivity index (χ0n) is 8.41. The van der Waals surface area contributed by atoms with E-state index in [0.717, 1.165) is 5.56 Å². The third-order valence-corrected chi connectivity index (χ3v) is 3.75. The minimum atomic E-state index is -0.202. The molecule has 0 atom stereocenters. The molecule has 17 heavy (non-hydrogen) atoms. The van der Waals surface area contributed by atoms with E-state index in [1.165, 1.54) is 11.3 Å². The van der Waals surface area contributed by atoms with E-state index >= 15 is 0 Å². The van der Waals surface area contributed by atoms with Crippen LogP contribution in [0.2, 0.25) is 10.0 Å². The van der Waals surface area contributed by atoms with Gasteiger partial charge in [0.2, 0.25) is 0 Å². The van der Waals surface area contributed by atoms with Gasteiger partial charge in [0.05, 0.1) is 10.9 Å².